The van der Waals surface area contributed by atoms with Gasteiger partial charge in [-0.3, -0.25) is 0 Å². The zero-order chi connectivity index (χ0) is 4.00. The van der Waals surface area contributed by atoms with Gasteiger partial charge >= 0.3 is 49.5 Å². The Morgan fingerprint density at radius 2 is 1.25 bits per heavy atom. The molecule has 0 aliphatic carbocycles. The van der Waals surface area contributed by atoms with Crippen molar-refractivity contribution in [1.29, 1.82) is 0 Å². The zero-order valence-corrected chi connectivity index (χ0v) is 7.05. The molecular weight excluding hydrogens is 290 g/mol. The molecule has 0 aliphatic rings. The fraction of sp³-hybridized carbons (Fsp3) is 0. The van der Waals surface area contributed by atoms with Crippen molar-refractivity contribution in [2.24, 2.45) is 0 Å². The van der Waals surface area contributed by atoms with Gasteiger partial charge in [0.25, 0.3) is 0 Å². The molecule has 0 rings (SSSR count). The maximum atomic E-state index is 8.39. The zero-order valence-electron chi connectivity index (χ0n) is 1.76. The number of hydrogen-bond donors (Lipinski definition) is 0. The van der Waals surface area contributed by atoms with E-state index in [2.05, 4.69) is 0 Å². The Morgan fingerprint density at radius 3 is 1.25 bits per heavy atom. The molecule has 2 radical (unpaired) electrons. The van der Waals surface area contributed by atoms with Crippen LogP contribution >= 0.6 is 0 Å². The number of rotatable bonds is 0. The molecule has 0 spiro atoms. The van der Waals surface area contributed by atoms with Gasteiger partial charge in [-0.15, -0.1) is 0 Å². The average molecular weight is 290 g/mol. The molecule has 0 saturated carbocycles. The first-order valence-electron chi connectivity index (χ1n) is 0.387. The molecule has 0 heterocycles. The summed E-state index contributed by atoms with van der Waals surface area (Å²) in [6.07, 6.45) is 0. The van der Waals surface area contributed by atoms with Crippen LogP contribution in [0.15, 0.2) is 0 Å². The second-order valence-corrected chi connectivity index (χ2v) is 0. The van der Waals surface area contributed by atoms with Gasteiger partial charge in [0.05, 0.1) is 0 Å². The molecule has 0 aromatic heterocycles. The molecule has 0 atom stereocenters. The van der Waals surface area contributed by atoms with Gasteiger partial charge in [-0.25, -0.2) is 0 Å². The average Bonchev–Trinajstić information content (AvgIpc) is 1.50. The molecule has 0 aromatic carbocycles. The van der Waals surface area contributed by atoms with Crippen molar-refractivity contribution in [1.82, 2.24) is 0 Å². The summed E-state index contributed by atoms with van der Waals surface area (Å²) >= 11 is 1.12. The van der Waals surface area contributed by atoms with Crippen LogP contribution in [0.1, 0.15) is 0 Å². The van der Waals surface area contributed by atoms with Gasteiger partial charge in [0, 0.05) is 0 Å². The van der Waals surface area contributed by atoms with Crippen molar-refractivity contribution in [3.63, 3.8) is 0 Å². The van der Waals surface area contributed by atoms with E-state index in [0.717, 1.165) is 17.4 Å². The van der Waals surface area contributed by atoms with Gasteiger partial charge in [0.15, 0.2) is 0 Å². The van der Waals surface area contributed by atoms with Gasteiger partial charge in [0.1, 0.15) is 0 Å². The standard InChI is InChI=1S/2O.Pb.V. The van der Waals surface area contributed by atoms with E-state index in [1.807, 2.05) is 0 Å². The molecule has 0 amide bonds. The van der Waals surface area contributed by atoms with E-state index >= 15 is 0 Å². The van der Waals surface area contributed by atoms with Gasteiger partial charge in [-0.1, -0.05) is 0 Å². The van der Waals surface area contributed by atoms with E-state index in [1.165, 1.54) is 0 Å². The molecule has 0 aromatic rings. The molecule has 2 nitrogen and oxygen atoms in total. The van der Waals surface area contributed by atoms with Crippen molar-refractivity contribution in [3.05, 3.63) is 0 Å². The molecule has 0 unspecified atom stereocenters. The van der Waals surface area contributed by atoms with Gasteiger partial charge in [-0.05, 0) is 0 Å². The van der Waals surface area contributed by atoms with Crippen LogP contribution in [0.25, 0.3) is 0 Å². The quantitative estimate of drug-likeness (QED) is 0.557. The third-order valence-electron chi connectivity index (χ3n) is 0. The fourth-order valence-electron chi connectivity index (χ4n) is 0. The summed E-state index contributed by atoms with van der Waals surface area (Å²) in [5.41, 5.74) is 0. The number of hydrogen-bond acceptors (Lipinski definition) is 2. The second kappa shape index (κ2) is 32.4. The van der Waals surface area contributed by atoms with Gasteiger partial charge < -0.3 is 0 Å². The van der Waals surface area contributed by atoms with Gasteiger partial charge in [-0.2, -0.15) is 0 Å². The first-order chi connectivity index (χ1) is 2.00. The molecular formula is O2PbV. The van der Waals surface area contributed by atoms with Crippen molar-refractivity contribution < 1.29 is 23.7 Å². The van der Waals surface area contributed by atoms with Crippen LogP contribution in [0.2, 0.25) is 0 Å². The van der Waals surface area contributed by atoms with E-state index in [-0.39, 0.29) is 25.8 Å². The van der Waals surface area contributed by atoms with Crippen LogP contribution in [-0.4, -0.2) is 25.8 Å². The van der Waals surface area contributed by atoms with E-state index < -0.39 is 0 Å². The van der Waals surface area contributed by atoms with E-state index in [1.54, 1.807) is 0 Å². The van der Waals surface area contributed by atoms with Crippen LogP contribution in [0, 0.1) is 0 Å². The third-order valence-corrected chi connectivity index (χ3v) is 0. The predicted molar refractivity (Wildman–Crippen MR) is 7.13 cm³/mol. The van der Waals surface area contributed by atoms with E-state index in [9.17, 15) is 0 Å². The summed E-state index contributed by atoms with van der Waals surface area (Å²) in [5.74, 6) is 0. The van der Waals surface area contributed by atoms with Crippen LogP contribution in [0.4, 0.5) is 0 Å². The molecule has 4 heteroatoms. The molecule has 0 saturated heterocycles. The SMILES string of the molecule is [O]=[Pb].[O]=[V]. The van der Waals surface area contributed by atoms with E-state index in [0.29, 0.717) is 0 Å². The first-order valence-corrected chi connectivity index (χ1v) is 2.54. The van der Waals surface area contributed by atoms with Crippen molar-refractivity contribution in [2.45, 2.75) is 0 Å². The maximum absolute atomic E-state index is 8.39. The van der Waals surface area contributed by atoms with Gasteiger partial charge in [0.2, 0.25) is 0 Å². The van der Waals surface area contributed by atoms with Crippen molar-refractivity contribution in [3.8, 4) is 0 Å². The molecule has 21 valence electrons. The van der Waals surface area contributed by atoms with E-state index in [4.69, 9.17) is 6.36 Å². The second-order valence-electron chi connectivity index (χ2n) is 0. The molecule has 0 N–H and O–H groups in total. The normalized spacial score (nSPS) is 1.75. The van der Waals surface area contributed by atoms with Crippen molar-refractivity contribution in [2.75, 3.05) is 0 Å². The first kappa shape index (κ1) is 8.92. The van der Waals surface area contributed by atoms with Crippen LogP contribution in [0.5, 0.6) is 0 Å². The van der Waals surface area contributed by atoms with Crippen LogP contribution in [0.3, 0.4) is 0 Å². The van der Waals surface area contributed by atoms with Crippen molar-refractivity contribution >= 4 is 25.8 Å². The molecule has 0 aliphatic heterocycles. The summed E-state index contributed by atoms with van der Waals surface area (Å²) < 4.78 is 16.6. The molecule has 4 heavy (non-hydrogen) atoms. The monoisotopic (exact) mass is 291 g/mol. The Labute approximate surface area is 49.3 Å². The summed E-state index contributed by atoms with van der Waals surface area (Å²) in [6.45, 7) is 0. The third kappa shape index (κ3) is 11.3. The molecule has 0 bridgehead atoms. The summed E-state index contributed by atoms with van der Waals surface area (Å²) in [7, 11) is 0. The molecule has 0 fully saturated rings. The Balaban J connectivity index is 0. The topological polar surface area (TPSA) is 34.1 Å². The predicted octanol–water partition coefficient (Wildman–Crippen LogP) is -0.621. The Kier molecular flexibility index (Phi) is 72.2. The Hall–Kier alpha value is 1.11. The van der Waals surface area contributed by atoms with Crippen LogP contribution < -0.4 is 0 Å². The summed E-state index contributed by atoms with van der Waals surface area (Å²) in [6, 6.07) is 0. The van der Waals surface area contributed by atoms with Crippen LogP contribution in [-0.2, 0) is 23.7 Å². The fourth-order valence-corrected chi connectivity index (χ4v) is 0. The Morgan fingerprint density at radius 1 is 1.25 bits per heavy atom. The Bertz CT molecular complexity index is 8.00. The minimum atomic E-state index is 0.0556. The summed E-state index contributed by atoms with van der Waals surface area (Å²) in [4.78, 5) is 0. The summed E-state index contributed by atoms with van der Waals surface area (Å²) in [5, 5.41) is 0. The minimum absolute atomic E-state index is 0.0556.